The average molecular weight is 1160 g/mol. The van der Waals surface area contributed by atoms with Crippen molar-refractivity contribution in [2.75, 3.05) is 53.5 Å². The van der Waals surface area contributed by atoms with Crippen molar-refractivity contribution in [3.63, 3.8) is 0 Å². The fourth-order valence-electron chi connectivity index (χ4n) is 10.6. The molecule has 16 nitrogen and oxygen atoms in total. The van der Waals surface area contributed by atoms with Crippen LogP contribution in [-0.2, 0) is 52.8 Å². The number of likely N-dealkylation sites (tertiary alicyclic amines) is 2. The molecule has 6 bridgehead atoms. The van der Waals surface area contributed by atoms with Gasteiger partial charge in [-0.2, -0.15) is 67.5 Å². The van der Waals surface area contributed by atoms with Gasteiger partial charge in [-0.25, -0.2) is 10.4 Å². The highest BCUT2D eigenvalue weighted by Crippen LogP contribution is 2.42. The molecule has 0 unspecified atom stereocenters. The number of hydrazine groups is 1. The Morgan fingerprint density at radius 3 is 2.41 bits per heavy atom. The molecule has 76 heavy (non-hydrogen) atoms. The molecular weight excluding hydrogens is 1080 g/mol. The quantitative estimate of drug-likeness (QED) is 0.130. The number of amides is 4. The van der Waals surface area contributed by atoms with Gasteiger partial charge in [-0.15, -0.1) is 11.3 Å². The van der Waals surface area contributed by atoms with E-state index >= 15 is 0 Å². The predicted molar refractivity (Wildman–Crippen MR) is 325 cm³/mol. The predicted octanol–water partition coefficient (Wildman–Crippen LogP) is 6.59. The first kappa shape index (κ1) is 66.4. The molecule has 2 N–H and O–H groups in total. The molecule has 0 saturated carbocycles. The van der Waals surface area contributed by atoms with Crippen molar-refractivity contribution >= 4 is 119 Å². The standard InChI is InChI=1S/C54H71N9O7S.5H2S/c1-11-62-43-18-17-35-27-39(43)40(47(62)38-15-12-22-55-45(38)34(4)69-10)29-53(5,6)32-70-52(68)41-16-13-25-63(58-41)51(67)42(28-37-31-71-49(35)56-37)57-48(65)46(33(2)3)59(9)50(66)36-20-26-60(30-36)44(64)19-21-54(7,8)61-23-14-24-61;;;;;/h12,15,17-18,22,27,31,33-34,36,41-42,46,58H,11,13-14,16,20,23-26,28-30,32H2,1-10H3,(H,57,65);5*1H2/t34-,36-,41-,42-,46-;;;;;/m0...../s1. The van der Waals surface area contributed by atoms with Gasteiger partial charge in [0.15, 0.2) is 0 Å². The van der Waals surface area contributed by atoms with Gasteiger partial charge in [0, 0.05) is 98.9 Å². The largest absolute Gasteiger partial charge is 0.464 e. The Bertz CT molecular complexity index is 2750. The first-order chi connectivity index (χ1) is 33.8. The van der Waals surface area contributed by atoms with Crippen LogP contribution >= 0.6 is 78.8 Å². The van der Waals surface area contributed by atoms with Gasteiger partial charge in [0.05, 0.1) is 41.2 Å². The summed E-state index contributed by atoms with van der Waals surface area (Å²) in [6, 6.07) is 7.60. The Kier molecular flexibility index (Phi) is 24.3. The summed E-state index contributed by atoms with van der Waals surface area (Å²) in [6.45, 7) is 19.7. The third-order valence-electron chi connectivity index (χ3n) is 14.8. The minimum Gasteiger partial charge on any atom is -0.464 e. The molecule has 7 heterocycles. The van der Waals surface area contributed by atoms with E-state index in [-0.39, 0.29) is 111 Å². The minimum absolute atomic E-state index is 0. The van der Waals surface area contributed by atoms with E-state index in [0.717, 1.165) is 63.5 Å². The Morgan fingerprint density at radius 1 is 1.03 bits per heavy atom. The number of carbonyl (C=O) groups excluding carboxylic acids is 5. The highest BCUT2D eigenvalue weighted by Gasteiger charge is 2.41. The third-order valence-corrected chi connectivity index (χ3v) is 15.7. The zero-order valence-corrected chi connectivity index (χ0v) is 51.4. The number of esters is 1. The summed E-state index contributed by atoms with van der Waals surface area (Å²) in [5.74, 6) is 3.19. The molecule has 8 rings (SSSR count). The van der Waals surface area contributed by atoms with Crippen LogP contribution in [0.5, 0.6) is 0 Å². The summed E-state index contributed by atoms with van der Waals surface area (Å²) in [5.41, 5.74) is 8.73. The Hall–Kier alpha value is -3.92. The highest BCUT2D eigenvalue weighted by atomic mass is 32.1. The molecule has 3 aromatic heterocycles. The molecule has 4 aliphatic rings. The van der Waals surface area contributed by atoms with E-state index in [4.69, 9.17) is 19.4 Å². The van der Waals surface area contributed by atoms with Crippen molar-refractivity contribution in [2.24, 2.45) is 17.3 Å². The Labute approximate surface area is 488 Å². The van der Waals surface area contributed by atoms with E-state index in [0.29, 0.717) is 51.0 Å². The first-order valence-electron chi connectivity index (χ1n) is 25.3. The Morgan fingerprint density at radius 2 is 1.75 bits per heavy atom. The van der Waals surface area contributed by atoms with Gasteiger partial charge < -0.3 is 29.2 Å². The van der Waals surface area contributed by atoms with Crippen LogP contribution in [0.4, 0.5) is 0 Å². The lowest BCUT2D eigenvalue weighted by molar-refractivity contribution is -0.155. The first-order valence-corrected chi connectivity index (χ1v) is 26.1. The molecular formula is C54H81N9O7S6. The van der Waals surface area contributed by atoms with Crippen LogP contribution in [0.15, 0.2) is 41.9 Å². The summed E-state index contributed by atoms with van der Waals surface area (Å²) in [4.78, 5) is 85.9. The fraction of sp³-hybridized carbons (Fsp3) is 0.574. The molecule has 0 spiro atoms. The molecule has 0 aliphatic carbocycles. The number of aromatic nitrogens is 3. The van der Waals surface area contributed by atoms with Crippen LogP contribution in [0.25, 0.3) is 32.7 Å². The number of aryl methyl sites for hydroxylation is 1. The summed E-state index contributed by atoms with van der Waals surface area (Å²) in [6.07, 6.45) is 4.73. The lowest BCUT2D eigenvalue weighted by Gasteiger charge is -2.41. The van der Waals surface area contributed by atoms with Crippen molar-refractivity contribution in [1.82, 2.24) is 45.0 Å². The van der Waals surface area contributed by atoms with Gasteiger partial charge in [-0.05, 0) is 108 Å². The molecule has 0 radical (unpaired) electrons. The number of rotatable bonds is 10. The number of nitrogens with zero attached hydrogens (tertiary/aromatic N) is 7. The molecule has 4 aliphatic heterocycles. The highest BCUT2D eigenvalue weighted by molar-refractivity contribution is 7.60. The van der Waals surface area contributed by atoms with Crippen molar-refractivity contribution in [3.8, 4) is 33.7 Å². The number of hydrogen-bond acceptors (Lipinski definition) is 12. The van der Waals surface area contributed by atoms with Gasteiger partial charge in [0.25, 0.3) is 11.8 Å². The van der Waals surface area contributed by atoms with E-state index in [1.165, 1.54) is 21.2 Å². The number of methoxy groups -OCH3 is 1. The van der Waals surface area contributed by atoms with Crippen LogP contribution in [0, 0.1) is 29.1 Å². The van der Waals surface area contributed by atoms with Crippen LogP contribution in [0.2, 0.25) is 0 Å². The third kappa shape index (κ3) is 14.3. The minimum atomic E-state index is -1.10. The second-order valence-electron chi connectivity index (χ2n) is 21.3. The second kappa shape index (κ2) is 27.8. The van der Waals surface area contributed by atoms with Crippen molar-refractivity contribution < 1.29 is 33.4 Å². The van der Waals surface area contributed by atoms with Gasteiger partial charge in [-0.1, -0.05) is 33.6 Å². The molecule has 4 aromatic rings. The molecule has 3 fully saturated rings. The van der Waals surface area contributed by atoms with Crippen molar-refractivity contribution in [1.29, 1.82) is 0 Å². The average Bonchev–Trinajstić information content (AvgIpc) is 4.09. The van der Waals surface area contributed by atoms with Gasteiger partial charge in [0.1, 0.15) is 23.1 Å². The number of nitrogens with one attached hydrogen (secondary N) is 2. The van der Waals surface area contributed by atoms with Gasteiger partial charge >= 0.3 is 5.97 Å². The van der Waals surface area contributed by atoms with E-state index in [1.54, 1.807) is 25.3 Å². The van der Waals surface area contributed by atoms with E-state index in [9.17, 15) is 24.0 Å². The molecule has 3 saturated heterocycles. The number of thiazole rings is 1. The number of ether oxygens (including phenoxy) is 2. The van der Waals surface area contributed by atoms with E-state index in [2.05, 4.69) is 77.1 Å². The number of pyridine rings is 1. The summed E-state index contributed by atoms with van der Waals surface area (Å²) < 4.78 is 14.3. The number of cyclic esters (lactones) is 1. The zero-order valence-electron chi connectivity index (χ0n) is 45.6. The number of benzene rings is 1. The lowest BCUT2D eigenvalue weighted by atomic mass is 9.84. The summed E-state index contributed by atoms with van der Waals surface area (Å²) in [5, 5.41) is 8.20. The summed E-state index contributed by atoms with van der Waals surface area (Å²) in [7, 11) is 3.30. The SMILES string of the molecule is CCn1c(-c2cccnc2[C@H](C)OC)c2c3cc(ccc31)-c1nc(cs1)C[C@H](NC(=O)[C@H](C(C)C)N(C)C(=O)[C@H]1CCN(C(=O)C#CC(C)(C)N3CCC3)C1)C(=O)N1CCC[C@H](N1)C(=O)OCC(C)(C)C2.S.S.S.S.S. The zero-order chi connectivity index (χ0) is 50.9. The molecule has 1 aromatic carbocycles. The number of fused-ring (bicyclic) bond motifs is 6. The lowest BCUT2D eigenvalue weighted by Crippen LogP contribution is -2.62. The molecule has 22 heteroatoms. The van der Waals surface area contributed by atoms with Gasteiger partial charge in [-0.3, -0.25) is 38.9 Å². The van der Waals surface area contributed by atoms with Crippen molar-refractivity contribution in [2.45, 2.75) is 130 Å². The molecule has 4 amide bonds. The summed E-state index contributed by atoms with van der Waals surface area (Å²) >= 11 is 1.47. The number of carbonyl (C=O) groups is 5. The molecule has 420 valence electrons. The second-order valence-corrected chi connectivity index (χ2v) is 22.2. The van der Waals surface area contributed by atoms with Crippen LogP contribution in [-0.4, -0.2) is 141 Å². The normalized spacial score (nSPS) is 20.3. The van der Waals surface area contributed by atoms with Crippen LogP contribution in [0.1, 0.15) is 104 Å². The molecule has 5 atom stereocenters. The smallest absolute Gasteiger partial charge is 0.324 e. The Balaban J connectivity index is 0.00000304. The maximum absolute atomic E-state index is 14.7. The fourth-order valence-corrected chi connectivity index (χ4v) is 11.4. The van der Waals surface area contributed by atoms with Crippen LogP contribution in [0.3, 0.4) is 0 Å². The number of likely N-dealkylation sites (N-methyl/N-ethyl adjacent to an activating group) is 1. The maximum Gasteiger partial charge on any atom is 0.324 e. The topological polar surface area (TPSA) is 172 Å². The maximum atomic E-state index is 14.7. The van der Waals surface area contributed by atoms with Gasteiger partial charge in [0.2, 0.25) is 11.8 Å². The van der Waals surface area contributed by atoms with Crippen molar-refractivity contribution in [3.05, 3.63) is 58.9 Å². The van der Waals surface area contributed by atoms with E-state index in [1.807, 2.05) is 46.1 Å². The monoisotopic (exact) mass is 1160 g/mol. The van der Waals surface area contributed by atoms with Crippen LogP contribution < -0.4 is 10.7 Å². The van der Waals surface area contributed by atoms with E-state index < -0.39 is 52.8 Å². The number of hydrogen-bond donors (Lipinski definition) is 2.